The molecule has 5 nitrogen and oxygen atoms in total. The van der Waals surface area contributed by atoms with Crippen molar-refractivity contribution in [1.29, 1.82) is 0 Å². The second kappa shape index (κ2) is 4.81. The Hall–Kier alpha value is -1.21. The van der Waals surface area contributed by atoms with Gasteiger partial charge >= 0.3 is 0 Å². The molecule has 0 spiro atoms. The fraction of sp³-hybridized carbons (Fsp3) is 0.273. The molecule has 18 heavy (non-hydrogen) atoms. The van der Waals surface area contributed by atoms with Gasteiger partial charge in [0.05, 0.1) is 4.90 Å². The number of hydrogen-bond acceptors (Lipinski definition) is 5. The summed E-state index contributed by atoms with van der Waals surface area (Å²) in [5.74, 6) is 0.516. The van der Waals surface area contributed by atoms with Gasteiger partial charge in [0.2, 0.25) is 5.89 Å². The van der Waals surface area contributed by atoms with E-state index in [1.807, 2.05) is 0 Å². The van der Waals surface area contributed by atoms with Crippen LogP contribution in [0.2, 0.25) is 0 Å². The number of hydrogen-bond donors (Lipinski definition) is 0. The van der Waals surface area contributed by atoms with Crippen LogP contribution in [-0.4, -0.2) is 18.6 Å². The van der Waals surface area contributed by atoms with Gasteiger partial charge in [-0.05, 0) is 41.9 Å². The summed E-state index contributed by atoms with van der Waals surface area (Å²) in [7, 11) is -3.55. The normalized spacial score (nSPS) is 13.5. The topological polar surface area (TPSA) is 73.1 Å². The van der Waals surface area contributed by atoms with Crippen molar-refractivity contribution >= 4 is 25.8 Å². The van der Waals surface area contributed by atoms with Crippen LogP contribution in [0, 0.1) is 6.92 Å². The Kier molecular flexibility index (Phi) is 3.54. The molecule has 2 rings (SSSR count). The Labute approximate surface area is 113 Å². The van der Waals surface area contributed by atoms with Gasteiger partial charge in [-0.3, -0.25) is 0 Å². The second-order valence-electron chi connectivity index (χ2n) is 3.80. The zero-order valence-electron chi connectivity index (χ0n) is 9.79. The third kappa shape index (κ3) is 2.32. The van der Waals surface area contributed by atoms with Crippen molar-refractivity contribution in [2.45, 2.75) is 24.0 Å². The van der Waals surface area contributed by atoms with E-state index in [1.165, 1.54) is 6.92 Å². The number of halogens is 1. The van der Waals surface area contributed by atoms with Crippen LogP contribution in [0.4, 0.5) is 0 Å². The van der Waals surface area contributed by atoms with Crippen LogP contribution < -0.4 is 0 Å². The largest absolute Gasteiger partial charge is 0.338 e. The maximum atomic E-state index is 12.4. The maximum Gasteiger partial charge on any atom is 0.245 e. The first-order chi connectivity index (χ1) is 8.43. The Balaban J connectivity index is 2.47. The Morgan fingerprint density at radius 3 is 2.56 bits per heavy atom. The van der Waals surface area contributed by atoms with E-state index in [1.54, 1.807) is 31.2 Å². The van der Waals surface area contributed by atoms with Gasteiger partial charge in [-0.1, -0.05) is 17.3 Å². The van der Waals surface area contributed by atoms with Crippen LogP contribution in [0.3, 0.4) is 0 Å². The third-order valence-electron chi connectivity index (χ3n) is 2.50. The zero-order valence-corrected chi connectivity index (χ0v) is 12.2. The van der Waals surface area contributed by atoms with Crippen LogP contribution in [0.1, 0.15) is 23.9 Å². The predicted molar refractivity (Wildman–Crippen MR) is 68.8 cm³/mol. The molecule has 0 bridgehead atoms. The number of sulfone groups is 1. The number of nitrogens with zero attached hydrogens (tertiary/aromatic N) is 2. The summed E-state index contributed by atoms with van der Waals surface area (Å²) in [6, 6.07) is 6.64. The van der Waals surface area contributed by atoms with E-state index < -0.39 is 15.1 Å². The summed E-state index contributed by atoms with van der Waals surface area (Å²) in [6.07, 6.45) is 0. The predicted octanol–water partition coefficient (Wildman–Crippen LogP) is 2.68. The number of aryl methyl sites for hydroxylation is 1. The summed E-state index contributed by atoms with van der Waals surface area (Å²) in [6.45, 7) is 3.17. The van der Waals surface area contributed by atoms with E-state index in [4.69, 9.17) is 4.52 Å². The van der Waals surface area contributed by atoms with Crippen molar-refractivity contribution in [2.75, 3.05) is 0 Å². The lowest BCUT2D eigenvalue weighted by Gasteiger charge is -2.10. The minimum Gasteiger partial charge on any atom is -0.338 e. The van der Waals surface area contributed by atoms with Gasteiger partial charge in [0, 0.05) is 4.47 Å². The number of rotatable bonds is 3. The Morgan fingerprint density at radius 2 is 2.00 bits per heavy atom. The highest BCUT2D eigenvalue weighted by molar-refractivity contribution is 9.10. The van der Waals surface area contributed by atoms with E-state index in [2.05, 4.69) is 26.1 Å². The molecule has 96 valence electrons. The van der Waals surface area contributed by atoms with Gasteiger partial charge in [0.1, 0.15) is 5.25 Å². The lowest BCUT2D eigenvalue weighted by Crippen LogP contribution is -2.11. The first-order valence-corrected chi connectivity index (χ1v) is 7.55. The zero-order chi connectivity index (χ0) is 13.3. The minimum atomic E-state index is -3.55. The SMILES string of the molecule is Cc1noc([C@H](C)S(=O)(=O)c2ccccc2Br)n1. The van der Waals surface area contributed by atoms with Crippen LogP contribution in [0.5, 0.6) is 0 Å². The lowest BCUT2D eigenvalue weighted by atomic mass is 10.4. The molecule has 0 amide bonds. The molecule has 0 saturated heterocycles. The standard InChI is InChI=1S/C11H11BrN2O3S/c1-7(11-13-8(2)14-17-11)18(15,16)10-6-4-3-5-9(10)12/h3-7H,1-2H3/t7-/m0/s1. The van der Waals surface area contributed by atoms with Gasteiger partial charge in [-0.2, -0.15) is 4.98 Å². The molecular weight excluding hydrogens is 320 g/mol. The summed E-state index contributed by atoms with van der Waals surface area (Å²) < 4.78 is 30.2. The molecule has 0 aliphatic carbocycles. The smallest absolute Gasteiger partial charge is 0.245 e. The summed E-state index contributed by atoms with van der Waals surface area (Å²) in [5.41, 5.74) is 0. The molecule has 0 aliphatic heterocycles. The van der Waals surface area contributed by atoms with Gasteiger partial charge < -0.3 is 4.52 Å². The van der Waals surface area contributed by atoms with Crippen LogP contribution >= 0.6 is 15.9 Å². The van der Waals surface area contributed by atoms with Crippen molar-refractivity contribution in [3.8, 4) is 0 Å². The van der Waals surface area contributed by atoms with Crippen molar-refractivity contribution in [3.05, 3.63) is 40.5 Å². The molecule has 2 aromatic rings. The van der Waals surface area contributed by atoms with E-state index in [9.17, 15) is 8.42 Å². The first kappa shape index (κ1) is 13.2. The first-order valence-electron chi connectivity index (χ1n) is 5.21. The second-order valence-corrected chi connectivity index (χ2v) is 6.89. The molecule has 0 N–H and O–H groups in total. The van der Waals surface area contributed by atoms with Crippen molar-refractivity contribution in [2.24, 2.45) is 0 Å². The van der Waals surface area contributed by atoms with Crippen molar-refractivity contribution in [3.63, 3.8) is 0 Å². The van der Waals surface area contributed by atoms with Gasteiger partial charge in [0.25, 0.3) is 0 Å². The average molecular weight is 331 g/mol. The minimum absolute atomic E-state index is 0.100. The molecule has 0 saturated carbocycles. The van der Waals surface area contributed by atoms with E-state index >= 15 is 0 Å². The lowest BCUT2D eigenvalue weighted by molar-refractivity contribution is 0.373. The third-order valence-corrected chi connectivity index (χ3v) is 5.56. The van der Waals surface area contributed by atoms with Gasteiger partial charge in [-0.25, -0.2) is 8.42 Å². The molecule has 7 heteroatoms. The molecule has 0 fully saturated rings. The molecule has 1 atom stereocenters. The van der Waals surface area contributed by atoms with Crippen LogP contribution in [-0.2, 0) is 9.84 Å². The van der Waals surface area contributed by atoms with Crippen LogP contribution in [0.25, 0.3) is 0 Å². The summed E-state index contributed by atoms with van der Waals surface area (Å²) in [5, 5.41) is 2.73. The Bertz CT molecular complexity index is 666. The van der Waals surface area contributed by atoms with E-state index in [0.717, 1.165) is 0 Å². The highest BCUT2D eigenvalue weighted by Crippen LogP contribution is 2.31. The fourth-order valence-electron chi connectivity index (χ4n) is 1.48. The monoisotopic (exact) mass is 330 g/mol. The average Bonchev–Trinajstić information content (AvgIpc) is 2.75. The highest BCUT2D eigenvalue weighted by atomic mass is 79.9. The summed E-state index contributed by atoms with van der Waals surface area (Å²) in [4.78, 5) is 4.18. The molecule has 0 aliphatic rings. The molecule has 0 radical (unpaired) electrons. The van der Waals surface area contributed by atoms with E-state index in [0.29, 0.717) is 10.3 Å². The molecular formula is C11H11BrN2O3S. The Morgan fingerprint density at radius 1 is 1.33 bits per heavy atom. The van der Waals surface area contributed by atoms with Crippen molar-refractivity contribution in [1.82, 2.24) is 10.1 Å². The maximum absolute atomic E-state index is 12.4. The molecule has 1 heterocycles. The quantitative estimate of drug-likeness (QED) is 0.864. The van der Waals surface area contributed by atoms with Crippen molar-refractivity contribution < 1.29 is 12.9 Å². The number of aromatic nitrogens is 2. The van der Waals surface area contributed by atoms with E-state index in [-0.39, 0.29) is 10.8 Å². The molecule has 0 unspecified atom stereocenters. The van der Waals surface area contributed by atoms with Crippen LogP contribution in [0.15, 0.2) is 38.2 Å². The summed E-state index contributed by atoms with van der Waals surface area (Å²) >= 11 is 3.23. The highest BCUT2D eigenvalue weighted by Gasteiger charge is 2.30. The van der Waals surface area contributed by atoms with Gasteiger partial charge in [0.15, 0.2) is 15.7 Å². The fourth-order valence-corrected chi connectivity index (χ4v) is 3.79. The van der Waals surface area contributed by atoms with Gasteiger partial charge in [-0.15, -0.1) is 0 Å². The molecule has 1 aromatic carbocycles. The molecule has 1 aromatic heterocycles. The number of benzene rings is 1.